The molecule has 0 aliphatic heterocycles. The molecule has 0 saturated carbocycles. The minimum absolute atomic E-state index is 0.119. The fourth-order valence-electron chi connectivity index (χ4n) is 4.86. The molecule has 0 aliphatic rings. The third-order valence-electron chi connectivity index (χ3n) is 6.79. The Kier molecular flexibility index (Phi) is 7.94. The zero-order valence-corrected chi connectivity index (χ0v) is 21.4. The SMILES string of the molecule is Oc1ccc(C(c2ccc(O)cc2)C(c2ccc(O)cc2)c2ccc(OCC=Cc3ccccc3)cc2)cc1. The van der Waals surface area contributed by atoms with E-state index in [0.717, 1.165) is 33.6 Å². The molecule has 0 bridgehead atoms. The van der Waals surface area contributed by atoms with Crippen molar-refractivity contribution in [2.24, 2.45) is 0 Å². The molecule has 0 radical (unpaired) electrons. The summed E-state index contributed by atoms with van der Waals surface area (Å²) < 4.78 is 5.96. The number of aromatic hydroxyl groups is 3. The zero-order valence-electron chi connectivity index (χ0n) is 21.4. The number of rotatable bonds is 9. The smallest absolute Gasteiger partial charge is 0.119 e. The highest BCUT2D eigenvalue weighted by Crippen LogP contribution is 2.44. The first kappa shape index (κ1) is 25.7. The summed E-state index contributed by atoms with van der Waals surface area (Å²) in [5.41, 5.74) is 5.26. The van der Waals surface area contributed by atoms with Crippen LogP contribution in [0.4, 0.5) is 0 Å². The topological polar surface area (TPSA) is 69.9 Å². The standard InChI is InChI=1S/C35H30O4/c36-30-16-8-26(9-17-30)34(27-10-18-31(37)19-11-27)35(28-12-20-32(38)21-13-28)29-14-22-33(23-15-29)39-24-4-7-25-5-2-1-3-6-25/h1-23,34-38H,24H2. The Bertz CT molecular complexity index is 1440. The van der Waals surface area contributed by atoms with Crippen LogP contribution < -0.4 is 4.74 Å². The van der Waals surface area contributed by atoms with Gasteiger partial charge in [-0.3, -0.25) is 0 Å². The van der Waals surface area contributed by atoms with Crippen LogP contribution in [-0.2, 0) is 0 Å². The third kappa shape index (κ3) is 6.49. The summed E-state index contributed by atoms with van der Waals surface area (Å²) in [7, 11) is 0. The second kappa shape index (κ2) is 12.1. The van der Waals surface area contributed by atoms with E-state index in [4.69, 9.17) is 4.74 Å². The first-order valence-corrected chi connectivity index (χ1v) is 12.9. The second-order valence-electron chi connectivity index (χ2n) is 9.42. The van der Waals surface area contributed by atoms with Crippen molar-refractivity contribution in [3.05, 3.63) is 161 Å². The first-order valence-electron chi connectivity index (χ1n) is 12.9. The fraction of sp³-hybridized carbons (Fsp3) is 0.0857. The number of phenols is 3. The van der Waals surface area contributed by atoms with E-state index in [1.807, 2.05) is 91.0 Å². The molecule has 0 amide bonds. The molecule has 5 aromatic carbocycles. The van der Waals surface area contributed by atoms with Gasteiger partial charge >= 0.3 is 0 Å². The molecule has 5 rings (SSSR count). The summed E-state index contributed by atoms with van der Waals surface area (Å²) >= 11 is 0. The molecule has 1 atom stereocenters. The summed E-state index contributed by atoms with van der Waals surface area (Å²) in [5, 5.41) is 29.9. The van der Waals surface area contributed by atoms with Crippen molar-refractivity contribution in [1.29, 1.82) is 0 Å². The van der Waals surface area contributed by atoms with Gasteiger partial charge in [0, 0.05) is 11.8 Å². The van der Waals surface area contributed by atoms with Gasteiger partial charge in [-0.25, -0.2) is 0 Å². The lowest BCUT2D eigenvalue weighted by Crippen LogP contribution is -2.14. The van der Waals surface area contributed by atoms with Crippen molar-refractivity contribution < 1.29 is 20.1 Å². The van der Waals surface area contributed by atoms with Gasteiger partial charge in [-0.1, -0.05) is 84.9 Å². The van der Waals surface area contributed by atoms with Gasteiger partial charge in [-0.2, -0.15) is 0 Å². The highest BCUT2D eigenvalue weighted by Gasteiger charge is 2.28. The van der Waals surface area contributed by atoms with Crippen LogP contribution in [0.1, 0.15) is 39.7 Å². The van der Waals surface area contributed by atoms with E-state index in [9.17, 15) is 15.3 Å². The van der Waals surface area contributed by atoms with E-state index in [1.54, 1.807) is 36.4 Å². The average molecular weight is 515 g/mol. The molecule has 0 aliphatic carbocycles. The monoisotopic (exact) mass is 514 g/mol. The van der Waals surface area contributed by atoms with Crippen LogP contribution >= 0.6 is 0 Å². The predicted molar refractivity (Wildman–Crippen MR) is 155 cm³/mol. The van der Waals surface area contributed by atoms with Crippen molar-refractivity contribution in [2.45, 2.75) is 11.8 Å². The van der Waals surface area contributed by atoms with Crippen LogP contribution in [0.5, 0.6) is 23.0 Å². The Balaban J connectivity index is 1.48. The molecule has 0 aromatic heterocycles. The van der Waals surface area contributed by atoms with Gasteiger partial charge in [0.2, 0.25) is 0 Å². The van der Waals surface area contributed by atoms with E-state index >= 15 is 0 Å². The van der Waals surface area contributed by atoms with E-state index in [-0.39, 0.29) is 29.1 Å². The minimum Gasteiger partial charge on any atom is -0.508 e. The van der Waals surface area contributed by atoms with Crippen molar-refractivity contribution in [3.63, 3.8) is 0 Å². The molecule has 5 aromatic rings. The van der Waals surface area contributed by atoms with Gasteiger partial charge in [-0.05, 0) is 82.4 Å². The molecule has 3 N–H and O–H groups in total. The minimum atomic E-state index is -0.128. The van der Waals surface area contributed by atoms with E-state index in [2.05, 4.69) is 12.1 Å². The van der Waals surface area contributed by atoms with Crippen LogP contribution in [0, 0.1) is 0 Å². The van der Waals surface area contributed by atoms with Gasteiger partial charge in [0.25, 0.3) is 0 Å². The average Bonchev–Trinajstić information content (AvgIpc) is 2.97. The normalized spacial score (nSPS) is 12.0. The fourth-order valence-corrected chi connectivity index (χ4v) is 4.86. The van der Waals surface area contributed by atoms with E-state index in [1.165, 1.54) is 0 Å². The van der Waals surface area contributed by atoms with Gasteiger partial charge in [-0.15, -0.1) is 0 Å². The highest BCUT2D eigenvalue weighted by molar-refractivity contribution is 5.50. The number of hydrogen-bond donors (Lipinski definition) is 3. The first-order chi connectivity index (χ1) is 19.1. The number of benzene rings is 5. The molecular weight excluding hydrogens is 484 g/mol. The van der Waals surface area contributed by atoms with Crippen LogP contribution in [0.3, 0.4) is 0 Å². The van der Waals surface area contributed by atoms with Crippen molar-refractivity contribution in [2.75, 3.05) is 6.61 Å². The summed E-state index contributed by atoms with van der Waals surface area (Å²) in [6.45, 7) is 0.458. The number of ether oxygens (including phenoxy) is 1. The summed E-state index contributed by atoms with van der Waals surface area (Å²) in [6, 6.07) is 39.9. The number of phenolic OH excluding ortho intramolecular Hbond substituents is 3. The Labute approximate surface area is 228 Å². The van der Waals surface area contributed by atoms with Gasteiger partial charge in [0.15, 0.2) is 0 Å². The van der Waals surface area contributed by atoms with Gasteiger partial charge in [0.1, 0.15) is 29.6 Å². The molecule has 0 heterocycles. The third-order valence-corrected chi connectivity index (χ3v) is 6.79. The summed E-state index contributed by atoms with van der Waals surface area (Å²) in [5.74, 6) is 1.13. The maximum Gasteiger partial charge on any atom is 0.119 e. The lowest BCUT2D eigenvalue weighted by molar-refractivity contribution is 0.363. The maximum atomic E-state index is 9.98. The summed E-state index contributed by atoms with van der Waals surface area (Å²) in [4.78, 5) is 0. The van der Waals surface area contributed by atoms with Crippen LogP contribution in [0.2, 0.25) is 0 Å². The maximum absolute atomic E-state index is 9.98. The van der Waals surface area contributed by atoms with E-state index < -0.39 is 0 Å². The van der Waals surface area contributed by atoms with Crippen molar-refractivity contribution >= 4 is 6.08 Å². The van der Waals surface area contributed by atoms with Crippen LogP contribution in [0.15, 0.2) is 133 Å². The highest BCUT2D eigenvalue weighted by atomic mass is 16.5. The molecule has 0 spiro atoms. The van der Waals surface area contributed by atoms with Gasteiger partial charge < -0.3 is 20.1 Å². The lowest BCUT2D eigenvalue weighted by atomic mass is 9.73. The molecule has 194 valence electrons. The molecule has 4 nitrogen and oxygen atoms in total. The van der Waals surface area contributed by atoms with E-state index in [0.29, 0.717) is 6.61 Å². The Morgan fingerprint density at radius 2 is 0.872 bits per heavy atom. The predicted octanol–water partition coefficient (Wildman–Crippen LogP) is 7.86. The second-order valence-corrected chi connectivity index (χ2v) is 9.42. The van der Waals surface area contributed by atoms with Crippen LogP contribution in [-0.4, -0.2) is 21.9 Å². The molecular formula is C35H30O4. The largest absolute Gasteiger partial charge is 0.508 e. The Hall–Kier alpha value is -4.96. The number of hydrogen-bond acceptors (Lipinski definition) is 4. The molecule has 4 heteroatoms. The molecule has 39 heavy (non-hydrogen) atoms. The Morgan fingerprint density at radius 3 is 1.28 bits per heavy atom. The molecule has 0 fully saturated rings. The Morgan fingerprint density at radius 1 is 0.487 bits per heavy atom. The lowest BCUT2D eigenvalue weighted by Gasteiger charge is -2.30. The zero-order chi connectivity index (χ0) is 27.0. The molecule has 1 unspecified atom stereocenters. The van der Waals surface area contributed by atoms with Crippen molar-refractivity contribution in [1.82, 2.24) is 0 Å². The van der Waals surface area contributed by atoms with Crippen LogP contribution in [0.25, 0.3) is 6.08 Å². The van der Waals surface area contributed by atoms with Gasteiger partial charge in [0.05, 0.1) is 0 Å². The quantitative estimate of drug-likeness (QED) is 0.187. The summed E-state index contributed by atoms with van der Waals surface area (Å²) in [6.07, 6.45) is 4.03. The molecule has 0 saturated heterocycles. The van der Waals surface area contributed by atoms with Crippen molar-refractivity contribution in [3.8, 4) is 23.0 Å².